The molecule has 1 saturated carbocycles. The minimum Gasteiger partial charge on any atom is -0.351 e. The molecule has 3 unspecified atom stereocenters. The van der Waals surface area contributed by atoms with Crippen LogP contribution in [0.1, 0.15) is 45.6 Å². The van der Waals surface area contributed by atoms with Crippen LogP contribution in [0.3, 0.4) is 0 Å². The Labute approximate surface area is 170 Å². The minimum atomic E-state index is -0.393. The molecule has 1 aromatic heterocycles. The average Bonchev–Trinajstić information content (AvgIpc) is 3.08. The minimum absolute atomic E-state index is 0.0257. The highest BCUT2D eigenvalue weighted by molar-refractivity contribution is 6.31. The van der Waals surface area contributed by atoms with Crippen molar-refractivity contribution >= 4 is 28.4 Å². The number of halogens is 1. The molecule has 0 radical (unpaired) electrons. The molecular formula is C23H26ClN3O. The zero-order valence-corrected chi connectivity index (χ0v) is 17.1. The number of nitrogens with one attached hydrogen (secondary N) is 1. The Morgan fingerprint density at radius 1 is 1.18 bits per heavy atom. The molecule has 4 nitrogen and oxygen atoms in total. The van der Waals surface area contributed by atoms with Gasteiger partial charge in [0.15, 0.2) is 0 Å². The van der Waals surface area contributed by atoms with Gasteiger partial charge in [-0.25, -0.2) is 0 Å². The van der Waals surface area contributed by atoms with E-state index in [-0.39, 0.29) is 11.9 Å². The molecule has 146 valence electrons. The second-order valence-electron chi connectivity index (χ2n) is 7.87. The second-order valence-corrected chi connectivity index (χ2v) is 8.31. The fourth-order valence-electron chi connectivity index (χ4n) is 4.16. The lowest BCUT2D eigenvalue weighted by molar-refractivity contribution is -0.125. The standard InChI is InChI=1S/C23H26ClN3O/c1-15-8-6-7-11-20(15)25-23(28)16(2)27-21-13-12-18(24)14-19(21)22(26-27)17-9-4-3-5-10-17/h3-5,9-10,12-16,20H,6-8,11H2,1-2H3,(H,25,28). The summed E-state index contributed by atoms with van der Waals surface area (Å²) in [5, 5.41) is 9.72. The summed E-state index contributed by atoms with van der Waals surface area (Å²) in [6, 6.07) is 15.6. The van der Waals surface area contributed by atoms with Gasteiger partial charge in [-0.05, 0) is 43.9 Å². The third-order valence-electron chi connectivity index (χ3n) is 5.90. The Kier molecular flexibility index (Phi) is 5.40. The van der Waals surface area contributed by atoms with E-state index in [1.54, 1.807) is 0 Å². The fourth-order valence-corrected chi connectivity index (χ4v) is 4.33. The van der Waals surface area contributed by atoms with Crippen LogP contribution in [-0.2, 0) is 4.79 Å². The van der Waals surface area contributed by atoms with E-state index in [9.17, 15) is 4.79 Å². The van der Waals surface area contributed by atoms with E-state index in [1.165, 1.54) is 19.3 Å². The normalized spacial score (nSPS) is 20.8. The van der Waals surface area contributed by atoms with Crippen molar-refractivity contribution in [2.75, 3.05) is 0 Å². The third-order valence-corrected chi connectivity index (χ3v) is 6.14. The Balaban J connectivity index is 1.69. The number of benzene rings is 2. The Morgan fingerprint density at radius 3 is 2.68 bits per heavy atom. The first kappa shape index (κ1) is 19.0. The first-order valence-electron chi connectivity index (χ1n) is 10.1. The van der Waals surface area contributed by atoms with Crippen molar-refractivity contribution in [2.24, 2.45) is 5.92 Å². The van der Waals surface area contributed by atoms with Gasteiger partial charge in [0.2, 0.25) is 5.91 Å². The number of fused-ring (bicyclic) bond motifs is 1. The van der Waals surface area contributed by atoms with Gasteiger partial charge < -0.3 is 5.32 Å². The van der Waals surface area contributed by atoms with Crippen LogP contribution in [0.15, 0.2) is 48.5 Å². The van der Waals surface area contributed by atoms with Crippen molar-refractivity contribution in [3.8, 4) is 11.3 Å². The van der Waals surface area contributed by atoms with Crippen molar-refractivity contribution in [1.29, 1.82) is 0 Å². The van der Waals surface area contributed by atoms with Crippen LogP contribution in [-0.4, -0.2) is 21.7 Å². The van der Waals surface area contributed by atoms with Gasteiger partial charge in [-0.3, -0.25) is 9.48 Å². The molecule has 3 atom stereocenters. The first-order chi connectivity index (χ1) is 13.5. The summed E-state index contributed by atoms with van der Waals surface area (Å²) in [5.41, 5.74) is 2.79. The monoisotopic (exact) mass is 395 g/mol. The van der Waals surface area contributed by atoms with E-state index in [2.05, 4.69) is 12.2 Å². The Hall–Kier alpha value is -2.33. The molecule has 2 aromatic carbocycles. The summed E-state index contributed by atoms with van der Waals surface area (Å²) >= 11 is 6.26. The molecule has 1 aliphatic rings. The van der Waals surface area contributed by atoms with Crippen LogP contribution >= 0.6 is 11.6 Å². The Morgan fingerprint density at radius 2 is 1.93 bits per heavy atom. The van der Waals surface area contributed by atoms with E-state index in [0.717, 1.165) is 28.6 Å². The van der Waals surface area contributed by atoms with Crippen LogP contribution in [0.5, 0.6) is 0 Å². The molecule has 3 aromatic rings. The zero-order valence-electron chi connectivity index (χ0n) is 16.4. The maximum atomic E-state index is 13.0. The van der Waals surface area contributed by atoms with E-state index < -0.39 is 6.04 Å². The topological polar surface area (TPSA) is 46.9 Å². The van der Waals surface area contributed by atoms with Crippen molar-refractivity contribution in [1.82, 2.24) is 15.1 Å². The van der Waals surface area contributed by atoms with Gasteiger partial charge in [-0.15, -0.1) is 0 Å². The van der Waals surface area contributed by atoms with E-state index in [0.29, 0.717) is 10.9 Å². The number of carbonyl (C=O) groups is 1. The van der Waals surface area contributed by atoms with Gasteiger partial charge in [0.25, 0.3) is 0 Å². The van der Waals surface area contributed by atoms with Crippen LogP contribution in [0, 0.1) is 5.92 Å². The lowest BCUT2D eigenvalue weighted by Crippen LogP contribution is -2.43. The first-order valence-corrected chi connectivity index (χ1v) is 10.5. The predicted octanol–water partition coefficient (Wildman–Crippen LogP) is 5.61. The van der Waals surface area contributed by atoms with Gasteiger partial charge in [-0.1, -0.05) is 61.7 Å². The highest BCUT2D eigenvalue weighted by Gasteiger charge is 2.27. The summed E-state index contributed by atoms with van der Waals surface area (Å²) in [5.74, 6) is 0.552. The molecule has 0 aliphatic heterocycles. The van der Waals surface area contributed by atoms with Gasteiger partial charge in [0.1, 0.15) is 11.7 Å². The molecular weight excluding hydrogens is 370 g/mol. The van der Waals surface area contributed by atoms with Crippen molar-refractivity contribution < 1.29 is 4.79 Å². The van der Waals surface area contributed by atoms with Crippen LogP contribution in [0.25, 0.3) is 22.2 Å². The van der Waals surface area contributed by atoms with Crippen molar-refractivity contribution in [3.05, 3.63) is 53.6 Å². The molecule has 1 N–H and O–H groups in total. The number of hydrogen-bond acceptors (Lipinski definition) is 2. The molecule has 1 heterocycles. The van der Waals surface area contributed by atoms with Crippen LogP contribution in [0.4, 0.5) is 0 Å². The van der Waals surface area contributed by atoms with Gasteiger partial charge in [0.05, 0.1) is 5.52 Å². The molecule has 5 heteroatoms. The molecule has 4 rings (SSSR count). The third kappa shape index (κ3) is 3.66. The highest BCUT2D eigenvalue weighted by Crippen LogP contribution is 2.32. The largest absolute Gasteiger partial charge is 0.351 e. The number of nitrogens with zero attached hydrogens (tertiary/aromatic N) is 2. The summed E-state index contributed by atoms with van der Waals surface area (Å²) in [6.45, 7) is 4.15. The van der Waals surface area contributed by atoms with Gasteiger partial charge in [0, 0.05) is 22.0 Å². The second kappa shape index (κ2) is 7.96. The highest BCUT2D eigenvalue weighted by atomic mass is 35.5. The van der Waals surface area contributed by atoms with E-state index >= 15 is 0 Å². The van der Waals surface area contributed by atoms with Crippen molar-refractivity contribution in [3.63, 3.8) is 0 Å². The SMILES string of the molecule is CC1CCCCC1NC(=O)C(C)n1nc(-c2ccccc2)c2cc(Cl)ccc21. The predicted molar refractivity (Wildman–Crippen MR) is 114 cm³/mol. The maximum Gasteiger partial charge on any atom is 0.244 e. The average molecular weight is 396 g/mol. The molecule has 0 spiro atoms. The summed E-state index contributed by atoms with van der Waals surface area (Å²) < 4.78 is 1.83. The van der Waals surface area contributed by atoms with Crippen molar-refractivity contribution in [2.45, 2.75) is 51.6 Å². The molecule has 1 aliphatic carbocycles. The number of amides is 1. The lowest BCUT2D eigenvalue weighted by atomic mass is 9.86. The van der Waals surface area contributed by atoms with Crippen LogP contribution < -0.4 is 5.32 Å². The van der Waals surface area contributed by atoms with E-state index in [1.807, 2.05) is 60.1 Å². The number of hydrogen-bond donors (Lipinski definition) is 1. The summed E-state index contributed by atoms with van der Waals surface area (Å²) in [6.07, 6.45) is 4.68. The van der Waals surface area contributed by atoms with Gasteiger partial charge >= 0.3 is 0 Å². The molecule has 28 heavy (non-hydrogen) atoms. The zero-order chi connectivity index (χ0) is 19.7. The molecule has 0 bridgehead atoms. The number of aromatic nitrogens is 2. The summed E-state index contributed by atoms with van der Waals surface area (Å²) in [4.78, 5) is 13.0. The quantitative estimate of drug-likeness (QED) is 0.623. The van der Waals surface area contributed by atoms with E-state index in [4.69, 9.17) is 16.7 Å². The molecule has 0 saturated heterocycles. The summed E-state index contributed by atoms with van der Waals surface area (Å²) in [7, 11) is 0. The smallest absolute Gasteiger partial charge is 0.244 e. The van der Waals surface area contributed by atoms with Gasteiger partial charge in [-0.2, -0.15) is 5.10 Å². The molecule has 1 amide bonds. The fraction of sp³-hybridized carbons (Fsp3) is 0.391. The number of carbonyl (C=O) groups excluding carboxylic acids is 1. The number of rotatable bonds is 4. The van der Waals surface area contributed by atoms with Crippen LogP contribution in [0.2, 0.25) is 5.02 Å². The maximum absolute atomic E-state index is 13.0. The lowest BCUT2D eigenvalue weighted by Gasteiger charge is -2.30. The Bertz CT molecular complexity index is 982. The molecule has 1 fully saturated rings.